The van der Waals surface area contributed by atoms with Crippen LogP contribution in [0.1, 0.15) is 45.2 Å². The summed E-state index contributed by atoms with van der Waals surface area (Å²) < 4.78 is 0. The Morgan fingerprint density at radius 3 is 2.58 bits per heavy atom. The molecule has 134 valence electrons. The SMILES string of the molecule is Cc1ccc(C(C)NC(=O)c2ccccc2SCc2csc(C)n2)cc1. The summed E-state index contributed by atoms with van der Waals surface area (Å²) in [5, 5.41) is 6.25. The molecule has 1 unspecified atom stereocenters. The summed E-state index contributed by atoms with van der Waals surface area (Å²) in [6.07, 6.45) is 0. The number of nitrogens with one attached hydrogen (secondary N) is 1. The molecule has 0 aliphatic heterocycles. The zero-order valence-electron chi connectivity index (χ0n) is 15.2. The minimum Gasteiger partial charge on any atom is -0.345 e. The number of hydrogen-bond donors (Lipinski definition) is 1. The second-order valence-electron chi connectivity index (χ2n) is 6.25. The normalized spacial score (nSPS) is 12.0. The van der Waals surface area contributed by atoms with Crippen molar-refractivity contribution in [3.8, 4) is 0 Å². The van der Waals surface area contributed by atoms with Gasteiger partial charge in [-0.15, -0.1) is 23.1 Å². The highest BCUT2D eigenvalue weighted by Gasteiger charge is 2.15. The van der Waals surface area contributed by atoms with Crippen LogP contribution in [-0.2, 0) is 5.75 Å². The van der Waals surface area contributed by atoms with Crippen LogP contribution in [0.15, 0.2) is 58.8 Å². The van der Waals surface area contributed by atoms with E-state index in [0.29, 0.717) is 5.56 Å². The van der Waals surface area contributed by atoms with Gasteiger partial charge in [0, 0.05) is 16.0 Å². The van der Waals surface area contributed by atoms with Crippen LogP contribution in [-0.4, -0.2) is 10.9 Å². The van der Waals surface area contributed by atoms with Gasteiger partial charge in [0.05, 0.1) is 22.3 Å². The molecular weight excluding hydrogens is 360 g/mol. The first-order valence-electron chi connectivity index (χ1n) is 8.53. The Morgan fingerprint density at radius 2 is 1.88 bits per heavy atom. The smallest absolute Gasteiger partial charge is 0.252 e. The monoisotopic (exact) mass is 382 g/mol. The zero-order valence-corrected chi connectivity index (χ0v) is 16.8. The lowest BCUT2D eigenvalue weighted by molar-refractivity contribution is 0.0937. The lowest BCUT2D eigenvalue weighted by Gasteiger charge is -2.16. The number of aryl methyl sites for hydroxylation is 2. The van der Waals surface area contributed by atoms with Crippen LogP contribution in [0.3, 0.4) is 0 Å². The van der Waals surface area contributed by atoms with Crippen molar-refractivity contribution in [3.63, 3.8) is 0 Å². The maximum atomic E-state index is 12.8. The fraction of sp³-hybridized carbons (Fsp3) is 0.238. The molecule has 0 fully saturated rings. The molecule has 0 aliphatic carbocycles. The maximum Gasteiger partial charge on any atom is 0.252 e. The molecule has 3 aromatic rings. The van der Waals surface area contributed by atoms with Crippen molar-refractivity contribution < 1.29 is 4.79 Å². The van der Waals surface area contributed by atoms with Crippen molar-refractivity contribution in [1.29, 1.82) is 0 Å². The summed E-state index contributed by atoms with van der Waals surface area (Å²) in [5.41, 5.74) is 4.09. The first-order valence-corrected chi connectivity index (χ1v) is 10.4. The minimum atomic E-state index is -0.0457. The highest BCUT2D eigenvalue weighted by molar-refractivity contribution is 7.98. The second kappa shape index (κ2) is 8.52. The van der Waals surface area contributed by atoms with E-state index in [4.69, 9.17) is 0 Å². The third-order valence-electron chi connectivity index (χ3n) is 4.10. The lowest BCUT2D eigenvalue weighted by atomic mass is 10.1. The van der Waals surface area contributed by atoms with Crippen LogP contribution in [0.4, 0.5) is 0 Å². The summed E-state index contributed by atoms with van der Waals surface area (Å²) >= 11 is 3.30. The van der Waals surface area contributed by atoms with E-state index in [1.54, 1.807) is 23.1 Å². The van der Waals surface area contributed by atoms with Crippen molar-refractivity contribution in [3.05, 3.63) is 81.3 Å². The zero-order chi connectivity index (χ0) is 18.5. The van der Waals surface area contributed by atoms with E-state index in [2.05, 4.69) is 46.9 Å². The lowest BCUT2D eigenvalue weighted by Crippen LogP contribution is -2.27. The fourth-order valence-corrected chi connectivity index (χ4v) is 4.28. The van der Waals surface area contributed by atoms with E-state index in [9.17, 15) is 4.79 Å². The Balaban J connectivity index is 1.69. The molecule has 3 nitrogen and oxygen atoms in total. The van der Waals surface area contributed by atoms with Gasteiger partial charge >= 0.3 is 0 Å². The van der Waals surface area contributed by atoms with Crippen molar-refractivity contribution in [2.45, 2.75) is 37.5 Å². The summed E-state index contributed by atoms with van der Waals surface area (Å²) in [5.74, 6) is 0.720. The fourth-order valence-electron chi connectivity index (χ4n) is 2.62. The topological polar surface area (TPSA) is 42.0 Å². The molecule has 1 heterocycles. The van der Waals surface area contributed by atoms with E-state index in [1.165, 1.54) is 5.56 Å². The van der Waals surface area contributed by atoms with Crippen LogP contribution in [0.5, 0.6) is 0 Å². The molecule has 0 aliphatic rings. The van der Waals surface area contributed by atoms with Gasteiger partial charge in [-0.3, -0.25) is 4.79 Å². The Labute approximate surface area is 162 Å². The number of carbonyl (C=O) groups excluding carboxylic acids is 1. The maximum absolute atomic E-state index is 12.8. The van der Waals surface area contributed by atoms with E-state index in [0.717, 1.165) is 26.9 Å². The summed E-state index contributed by atoms with van der Waals surface area (Å²) in [6, 6.07) is 16.0. The van der Waals surface area contributed by atoms with Gasteiger partial charge in [-0.05, 0) is 38.5 Å². The quantitative estimate of drug-likeness (QED) is 0.569. The van der Waals surface area contributed by atoms with Gasteiger partial charge in [-0.25, -0.2) is 4.98 Å². The summed E-state index contributed by atoms with van der Waals surface area (Å²) in [4.78, 5) is 18.3. The average Bonchev–Trinajstić information content (AvgIpc) is 3.06. The molecule has 0 spiro atoms. The highest BCUT2D eigenvalue weighted by Crippen LogP contribution is 2.27. The number of benzene rings is 2. The molecule has 0 bridgehead atoms. The van der Waals surface area contributed by atoms with Gasteiger partial charge in [0.2, 0.25) is 0 Å². The Hall–Kier alpha value is -2.11. The molecule has 1 amide bonds. The molecule has 1 N–H and O–H groups in total. The highest BCUT2D eigenvalue weighted by atomic mass is 32.2. The van der Waals surface area contributed by atoms with Crippen LogP contribution in [0.25, 0.3) is 0 Å². The molecule has 1 aromatic heterocycles. The first-order chi connectivity index (χ1) is 12.5. The molecule has 0 radical (unpaired) electrons. The number of carbonyl (C=O) groups is 1. The Morgan fingerprint density at radius 1 is 1.15 bits per heavy atom. The second-order valence-corrected chi connectivity index (χ2v) is 8.33. The van der Waals surface area contributed by atoms with Gasteiger partial charge in [0.25, 0.3) is 5.91 Å². The Bertz CT molecular complexity index is 887. The largest absolute Gasteiger partial charge is 0.345 e. The molecule has 5 heteroatoms. The number of nitrogens with zero attached hydrogens (tertiary/aromatic N) is 1. The van der Waals surface area contributed by atoms with E-state index >= 15 is 0 Å². The summed E-state index contributed by atoms with van der Waals surface area (Å²) in [7, 11) is 0. The Kier molecular flexibility index (Phi) is 6.12. The van der Waals surface area contributed by atoms with Gasteiger partial charge in [-0.1, -0.05) is 42.0 Å². The first kappa shape index (κ1) is 18.7. The van der Waals surface area contributed by atoms with Crippen LogP contribution in [0.2, 0.25) is 0 Å². The van der Waals surface area contributed by atoms with Gasteiger partial charge in [0.1, 0.15) is 0 Å². The van der Waals surface area contributed by atoms with Crippen LogP contribution < -0.4 is 5.32 Å². The number of thiazole rings is 1. The van der Waals surface area contributed by atoms with Gasteiger partial charge in [0.15, 0.2) is 0 Å². The number of rotatable bonds is 6. The van der Waals surface area contributed by atoms with E-state index in [-0.39, 0.29) is 11.9 Å². The van der Waals surface area contributed by atoms with Gasteiger partial charge in [-0.2, -0.15) is 0 Å². The predicted molar refractivity (Wildman–Crippen MR) is 110 cm³/mol. The van der Waals surface area contributed by atoms with Crippen molar-refractivity contribution >= 4 is 29.0 Å². The van der Waals surface area contributed by atoms with Crippen LogP contribution in [0, 0.1) is 13.8 Å². The molecule has 0 saturated heterocycles. The molecule has 1 atom stereocenters. The van der Waals surface area contributed by atoms with Crippen molar-refractivity contribution in [2.24, 2.45) is 0 Å². The standard InChI is InChI=1S/C21H22N2OS2/c1-14-8-10-17(11-9-14)15(2)22-21(24)19-6-4-5-7-20(19)26-13-18-12-25-16(3)23-18/h4-12,15H,13H2,1-3H3,(H,22,24). The van der Waals surface area contributed by atoms with Crippen LogP contribution >= 0.6 is 23.1 Å². The predicted octanol–water partition coefficient (Wildman–Crippen LogP) is 5.54. The molecular formula is C21H22N2OS2. The van der Waals surface area contributed by atoms with Crippen molar-refractivity contribution in [1.82, 2.24) is 10.3 Å². The number of amides is 1. The van der Waals surface area contributed by atoms with E-state index < -0.39 is 0 Å². The minimum absolute atomic E-state index is 0.0395. The van der Waals surface area contributed by atoms with Gasteiger partial charge < -0.3 is 5.32 Å². The summed E-state index contributed by atoms with van der Waals surface area (Å²) in [6.45, 7) is 6.08. The third kappa shape index (κ3) is 4.74. The number of thioether (sulfide) groups is 1. The molecule has 3 rings (SSSR count). The molecule has 26 heavy (non-hydrogen) atoms. The van der Waals surface area contributed by atoms with Crippen molar-refractivity contribution in [2.75, 3.05) is 0 Å². The molecule has 2 aromatic carbocycles. The number of hydrogen-bond acceptors (Lipinski definition) is 4. The van der Waals surface area contributed by atoms with E-state index in [1.807, 2.05) is 38.1 Å². The number of aromatic nitrogens is 1. The average molecular weight is 383 g/mol. The third-order valence-corrected chi connectivity index (χ3v) is 6.03. The molecule has 0 saturated carbocycles.